The van der Waals surface area contributed by atoms with Crippen LogP contribution in [0.4, 0.5) is 0 Å². The van der Waals surface area contributed by atoms with Crippen LogP contribution < -0.4 is 0 Å². The lowest BCUT2D eigenvalue weighted by molar-refractivity contribution is -0.107. The average molecular weight is 223 g/mol. The Hall–Kier alpha value is -1.19. The number of hydrogen-bond donors (Lipinski definition) is 0. The second-order valence-corrected chi connectivity index (χ2v) is 5.35. The topological polar surface area (TPSA) is 47.8 Å². The van der Waals surface area contributed by atoms with Crippen molar-refractivity contribution in [1.29, 1.82) is 0 Å². The third-order valence-electron chi connectivity index (χ3n) is 2.35. The first kappa shape index (κ1) is 12.9. The highest BCUT2D eigenvalue weighted by Gasteiger charge is 2.14. The summed E-state index contributed by atoms with van der Waals surface area (Å²) in [6, 6.07) is 0. The number of hydrogen-bond acceptors (Lipinski definition) is 3. The van der Waals surface area contributed by atoms with Gasteiger partial charge in [0.2, 0.25) is 0 Å². The minimum absolute atomic E-state index is 0.252. The fraction of sp³-hybridized carbons (Fsp3) is 0.750. The van der Waals surface area contributed by atoms with Gasteiger partial charge in [-0.05, 0) is 24.7 Å². The van der Waals surface area contributed by atoms with Crippen molar-refractivity contribution < 1.29 is 4.79 Å². The molecular formula is C12H21N3O. The van der Waals surface area contributed by atoms with E-state index in [1.165, 1.54) is 5.69 Å². The van der Waals surface area contributed by atoms with E-state index in [2.05, 4.69) is 31.1 Å². The molecule has 0 aliphatic carbocycles. The van der Waals surface area contributed by atoms with Gasteiger partial charge in [0.05, 0.1) is 11.9 Å². The molecule has 0 saturated heterocycles. The van der Waals surface area contributed by atoms with Crippen LogP contribution in [0.1, 0.15) is 45.7 Å². The van der Waals surface area contributed by atoms with Crippen molar-refractivity contribution >= 4 is 6.29 Å². The third-order valence-corrected chi connectivity index (χ3v) is 2.35. The lowest BCUT2D eigenvalue weighted by atomic mass is 9.91. The van der Waals surface area contributed by atoms with Crippen LogP contribution in [0, 0.1) is 5.41 Å². The number of aromatic nitrogens is 3. The lowest BCUT2D eigenvalue weighted by Gasteiger charge is -2.18. The van der Waals surface area contributed by atoms with E-state index in [4.69, 9.17) is 0 Å². The number of nitrogens with zero attached hydrogens (tertiary/aromatic N) is 3. The van der Waals surface area contributed by atoms with Crippen molar-refractivity contribution in [3.63, 3.8) is 0 Å². The molecule has 0 aliphatic heterocycles. The zero-order valence-corrected chi connectivity index (χ0v) is 10.4. The monoisotopic (exact) mass is 223 g/mol. The first-order valence-electron chi connectivity index (χ1n) is 5.84. The van der Waals surface area contributed by atoms with E-state index in [-0.39, 0.29) is 5.41 Å². The molecule has 0 bridgehead atoms. The molecule has 1 aromatic heterocycles. The Morgan fingerprint density at radius 2 is 2.12 bits per heavy atom. The second-order valence-electron chi connectivity index (χ2n) is 5.35. The number of carbonyl (C=O) groups excluding carboxylic acids is 1. The van der Waals surface area contributed by atoms with Crippen molar-refractivity contribution in [2.24, 2.45) is 5.41 Å². The van der Waals surface area contributed by atoms with Crippen LogP contribution >= 0.6 is 0 Å². The maximum Gasteiger partial charge on any atom is 0.119 e. The van der Waals surface area contributed by atoms with Crippen molar-refractivity contribution in [2.75, 3.05) is 0 Å². The van der Waals surface area contributed by atoms with Crippen molar-refractivity contribution in [3.05, 3.63) is 11.9 Å². The Bertz CT molecular complexity index is 325. The zero-order chi connectivity index (χ0) is 12.0. The molecule has 1 rings (SSSR count). The molecule has 0 radical (unpaired) electrons. The van der Waals surface area contributed by atoms with Gasteiger partial charge in [-0.3, -0.25) is 0 Å². The van der Waals surface area contributed by atoms with Gasteiger partial charge in [0.1, 0.15) is 6.29 Å². The van der Waals surface area contributed by atoms with E-state index in [9.17, 15) is 4.79 Å². The molecule has 0 spiro atoms. The van der Waals surface area contributed by atoms with Gasteiger partial charge in [0, 0.05) is 13.0 Å². The molecule has 1 heterocycles. The van der Waals surface area contributed by atoms with E-state index in [1.807, 2.05) is 10.9 Å². The first-order valence-corrected chi connectivity index (χ1v) is 5.84. The van der Waals surface area contributed by atoms with E-state index in [0.717, 1.165) is 32.1 Å². The maximum atomic E-state index is 10.2. The third kappa shape index (κ3) is 4.55. The molecule has 0 atom stereocenters. The SMILES string of the molecule is CC(C)(C)Cc1cnnn1CCCCC=O. The van der Waals surface area contributed by atoms with Crippen LogP contribution in [0.2, 0.25) is 0 Å². The molecule has 4 heteroatoms. The van der Waals surface area contributed by atoms with Gasteiger partial charge in [-0.2, -0.15) is 0 Å². The van der Waals surface area contributed by atoms with Gasteiger partial charge in [-0.25, -0.2) is 4.68 Å². The van der Waals surface area contributed by atoms with Crippen LogP contribution in [-0.4, -0.2) is 21.3 Å². The molecule has 0 unspecified atom stereocenters. The van der Waals surface area contributed by atoms with E-state index in [1.54, 1.807) is 0 Å². The number of aldehydes is 1. The van der Waals surface area contributed by atoms with Gasteiger partial charge in [0.25, 0.3) is 0 Å². The Kier molecular flexibility index (Phi) is 4.65. The van der Waals surface area contributed by atoms with Crippen LogP contribution in [0.5, 0.6) is 0 Å². The van der Waals surface area contributed by atoms with Gasteiger partial charge in [-0.1, -0.05) is 26.0 Å². The summed E-state index contributed by atoms with van der Waals surface area (Å²) in [6.07, 6.45) is 6.34. The van der Waals surface area contributed by atoms with Gasteiger partial charge < -0.3 is 4.79 Å². The van der Waals surface area contributed by atoms with Gasteiger partial charge in [-0.15, -0.1) is 5.10 Å². The Balaban J connectivity index is 2.47. The summed E-state index contributed by atoms with van der Waals surface area (Å²) in [6.45, 7) is 7.48. The average Bonchev–Trinajstić information content (AvgIpc) is 2.58. The predicted molar refractivity (Wildman–Crippen MR) is 63.1 cm³/mol. The highest BCUT2D eigenvalue weighted by Crippen LogP contribution is 2.19. The molecule has 0 saturated carbocycles. The summed E-state index contributed by atoms with van der Waals surface area (Å²) in [5, 5.41) is 8.02. The largest absolute Gasteiger partial charge is 0.303 e. The Morgan fingerprint density at radius 1 is 1.38 bits per heavy atom. The minimum atomic E-state index is 0.252. The quantitative estimate of drug-likeness (QED) is 0.549. The molecule has 0 aromatic carbocycles. The molecule has 16 heavy (non-hydrogen) atoms. The molecule has 4 nitrogen and oxygen atoms in total. The number of carbonyl (C=O) groups is 1. The van der Waals surface area contributed by atoms with Crippen LogP contribution in [0.15, 0.2) is 6.20 Å². The fourth-order valence-electron chi connectivity index (χ4n) is 1.64. The molecule has 0 N–H and O–H groups in total. The molecule has 0 aliphatic rings. The smallest absolute Gasteiger partial charge is 0.119 e. The van der Waals surface area contributed by atoms with E-state index in [0.29, 0.717) is 6.42 Å². The molecule has 0 fully saturated rings. The van der Waals surface area contributed by atoms with Crippen LogP contribution in [0.25, 0.3) is 0 Å². The summed E-state index contributed by atoms with van der Waals surface area (Å²) in [5.74, 6) is 0. The zero-order valence-electron chi connectivity index (χ0n) is 10.4. The highest BCUT2D eigenvalue weighted by atomic mass is 16.1. The highest BCUT2D eigenvalue weighted by molar-refractivity contribution is 5.48. The normalized spacial score (nSPS) is 11.7. The summed E-state index contributed by atoms with van der Waals surface area (Å²) >= 11 is 0. The number of aryl methyl sites for hydroxylation is 1. The fourth-order valence-corrected chi connectivity index (χ4v) is 1.64. The summed E-state index contributed by atoms with van der Waals surface area (Å²) in [4.78, 5) is 10.2. The summed E-state index contributed by atoms with van der Waals surface area (Å²) in [5.41, 5.74) is 1.43. The first-order chi connectivity index (χ1) is 7.53. The number of unbranched alkanes of at least 4 members (excludes halogenated alkanes) is 2. The summed E-state index contributed by atoms with van der Waals surface area (Å²) in [7, 11) is 0. The Morgan fingerprint density at radius 3 is 2.75 bits per heavy atom. The molecular weight excluding hydrogens is 202 g/mol. The second kappa shape index (κ2) is 5.77. The van der Waals surface area contributed by atoms with Gasteiger partial charge >= 0.3 is 0 Å². The summed E-state index contributed by atoms with van der Waals surface area (Å²) < 4.78 is 1.95. The van der Waals surface area contributed by atoms with Crippen molar-refractivity contribution in [1.82, 2.24) is 15.0 Å². The van der Waals surface area contributed by atoms with Crippen molar-refractivity contribution in [2.45, 2.75) is 53.0 Å². The standard InChI is InChI=1S/C12H21N3O/c1-12(2,3)9-11-10-13-14-15(11)7-5-4-6-8-16/h8,10H,4-7,9H2,1-3H3. The van der Waals surface area contributed by atoms with E-state index >= 15 is 0 Å². The maximum absolute atomic E-state index is 10.2. The van der Waals surface area contributed by atoms with Crippen molar-refractivity contribution in [3.8, 4) is 0 Å². The minimum Gasteiger partial charge on any atom is -0.303 e. The molecule has 0 amide bonds. The van der Waals surface area contributed by atoms with E-state index < -0.39 is 0 Å². The molecule has 90 valence electrons. The van der Waals surface area contributed by atoms with Crippen LogP contribution in [0.3, 0.4) is 0 Å². The van der Waals surface area contributed by atoms with Gasteiger partial charge in [0.15, 0.2) is 0 Å². The molecule has 1 aromatic rings. The lowest BCUT2D eigenvalue weighted by Crippen LogP contribution is -2.14. The number of rotatable bonds is 6. The predicted octanol–water partition coefficient (Wildman–Crippen LogP) is 2.24. The Labute approximate surface area is 97.0 Å². The van der Waals surface area contributed by atoms with Crippen LogP contribution in [-0.2, 0) is 17.8 Å².